The van der Waals surface area contributed by atoms with Crippen molar-refractivity contribution in [2.45, 2.75) is 36.9 Å². The smallest absolute Gasteiger partial charge is 0.133 e. The SMILES string of the molecule is CCCn1cc(C(NC)C2CSc3ccccc3O2)cn1. The van der Waals surface area contributed by atoms with E-state index in [2.05, 4.69) is 35.7 Å². The minimum absolute atomic E-state index is 0.120. The molecular formula is C16H21N3OS. The highest BCUT2D eigenvalue weighted by Gasteiger charge is 2.29. The van der Waals surface area contributed by atoms with Gasteiger partial charge in [-0.3, -0.25) is 4.68 Å². The minimum Gasteiger partial charge on any atom is -0.486 e. The van der Waals surface area contributed by atoms with E-state index in [1.54, 1.807) is 0 Å². The summed E-state index contributed by atoms with van der Waals surface area (Å²) in [7, 11) is 1.98. The number of hydrogen-bond donors (Lipinski definition) is 1. The van der Waals surface area contributed by atoms with Crippen LogP contribution in [0.2, 0.25) is 0 Å². The van der Waals surface area contributed by atoms with Crippen LogP contribution in [0.15, 0.2) is 41.6 Å². The molecule has 0 aliphatic carbocycles. The number of thioether (sulfide) groups is 1. The fraction of sp³-hybridized carbons (Fsp3) is 0.438. The number of para-hydroxylation sites is 1. The summed E-state index contributed by atoms with van der Waals surface area (Å²) in [6.07, 6.45) is 5.29. The van der Waals surface area contributed by atoms with Gasteiger partial charge >= 0.3 is 0 Å². The van der Waals surface area contributed by atoms with E-state index in [1.165, 1.54) is 10.5 Å². The highest BCUT2D eigenvalue weighted by molar-refractivity contribution is 7.99. The lowest BCUT2D eigenvalue weighted by molar-refractivity contribution is 0.171. The van der Waals surface area contributed by atoms with Crippen LogP contribution in [-0.4, -0.2) is 28.7 Å². The Morgan fingerprint density at radius 2 is 2.33 bits per heavy atom. The maximum atomic E-state index is 6.19. The summed E-state index contributed by atoms with van der Waals surface area (Å²) in [5.41, 5.74) is 1.19. The number of aromatic nitrogens is 2. The predicted octanol–water partition coefficient (Wildman–Crippen LogP) is 3.11. The molecule has 5 heteroatoms. The molecule has 0 saturated carbocycles. The van der Waals surface area contributed by atoms with Crippen LogP contribution in [0.4, 0.5) is 0 Å². The number of aryl methyl sites for hydroxylation is 1. The summed E-state index contributed by atoms with van der Waals surface area (Å²) in [5.74, 6) is 1.93. The summed E-state index contributed by atoms with van der Waals surface area (Å²) in [6, 6.07) is 8.40. The van der Waals surface area contributed by atoms with Crippen molar-refractivity contribution < 1.29 is 4.74 Å². The monoisotopic (exact) mass is 303 g/mol. The van der Waals surface area contributed by atoms with Crippen molar-refractivity contribution in [3.8, 4) is 5.75 Å². The highest BCUT2D eigenvalue weighted by Crippen LogP contribution is 2.38. The van der Waals surface area contributed by atoms with Crippen LogP contribution in [0, 0.1) is 0 Å². The van der Waals surface area contributed by atoms with E-state index in [9.17, 15) is 0 Å². The predicted molar refractivity (Wildman–Crippen MR) is 85.9 cm³/mol. The third kappa shape index (κ3) is 3.09. The molecule has 0 bridgehead atoms. The third-order valence-corrected chi connectivity index (χ3v) is 4.82. The fourth-order valence-corrected chi connectivity index (χ4v) is 3.70. The van der Waals surface area contributed by atoms with Crippen molar-refractivity contribution in [2.24, 2.45) is 0 Å². The van der Waals surface area contributed by atoms with Gasteiger partial charge in [0.05, 0.1) is 12.2 Å². The Balaban J connectivity index is 1.77. The zero-order valence-corrected chi connectivity index (χ0v) is 13.3. The molecule has 1 aliphatic heterocycles. The molecule has 0 radical (unpaired) electrons. The number of fused-ring (bicyclic) bond motifs is 1. The van der Waals surface area contributed by atoms with Gasteiger partial charge in [-0.05, 0) is 25.6 Å². The highest BCUT2D eigenvalue weighted by atomic mass is 32.2. The lowest BCUT2D eigenvalue weighted by Crippen LogP contribution is -2.37. The van der Waals surface area contributed by atoms with Crippen LogP contribution < -0.4 is 10.1 Å². The maximum absolute atomic E-state index is 6.19. The molecule has 2 aromatic rings. The van der Waals surface area contributed by atoms with Crippen molar-refractivity contribution >= 4 is 11.8 Å². The minimum atomic E-state index is 0.120. The quantitative estimate of drug-likeness (QED) is 0.921. The second kappa shape index (κ2) is 6.54. The molecule has 112 valence electrons. The summed E-state index contributed by atoms with van der Waals surface area (Å²) < 4.78 is 8.19. The topological polar surface area (TPSA) is 39.1 Å². The Morgan fingerprint density at radius 3 is 3.14 bits per heavy atom. The first-order valence-corrected chi connectivity index (χ1v) is 8.38. The van der Waals surface area contributed by atoms with Crippen LogP contribution in [0.3, 0.4) is 0 Å². The Bertz CT molecular complexity index is 599. The van der Waals surface area contributed by atoms with E-state index in [-0.39, 0.29) is 12.1 Å². The molecule has 4 nitrogen and oxygen atoms in total. The van der Waals surface area contributed by atoms with Crippen molar-refractivity contribution in [1.29, 1.82) is 0 Å². The Labute approximate surface area is 129 Å². The molecule has 1 N–H and O–H groups in total. The Morgan fingerprint density at radius 1 is 1.48 bits per heavy atom. The zero-order valence-electron chi connectivity index (χ0n) is 12.5. The molecule has 0 saturated heterocycles. The van der Waals surface area contributed by atoms with Crippen LogP contribution >= 0.6 is 11.8 Å². The molecule has 0 fully saturated rings. The van der Waals surface area contributed by atoms with Crippen LogP contribution in [0.1, 0.15) is 24.9 Å². The number of hydrogen-bond acceptors (Lipinski definition) is 4. The summed E-state index contributed by atoms with van der Waals surface area (Å²) >= 11 is 1.86. The van der Waals surface area contributed by atoms with Gasteiger partial charge in [-0.2, -0.15) is 5.10 Å². The summed E-state index contributed by atoms with van der Waals surface area (Å²) in [5, 5.41) is 7.81. The van der Waals surface area contributed by atoms with Crippen LogP contribution in [0.5, 0.6) is 5.75 Å². The van der Waals surface area contributed by atoms with Gasteiger partial charge in [-0.25, -0.2) is 0 Å². The average molecular weight is 303 g/mol. The lowest BCUT2D eigenvalue weighted by Gasteiger charge is -2.31. The molecule has 2 heterocycles. The molecule has 21 heavy (non-hydrogen) atoms. The summed E-state index contributed by atoms with van der Waals surface area (Å²) in [4.78, 5) is 1.23. The first-order chi connectivity index (χ1) is 10.3. The zero-order chi connectivity index (χ0) is 14.7. The van der Waals surface area contributed by atoms with Gasteiger partial charge in [0.25, 0.3) is 0 Å². The van der Waals surface area contributed by atoms with E-state index in [1.807, 2.05) is 41.8 Å². The fourth-order valence-electron chi connectivity index (χ4n) is 2.66. The second-order valence-electron chi connectivity index (χ2n) is 5.22. The molecule has 1 aromatic carbocycles. The molecule has 3 rings (SSSR count). The Kier molecular flexibility index (Phi) is 4.51. The number of nitrogens with zero attached hydrogens (tertiary/aromatic N) is 2. The lowest BCUT2D eigenvalue weighted by atomic mass is 10.1. The van der Waals surface area contributed by atoms with Crippen molar-refractivity contribution in [1.82, 2.24) is 15.1 Å². The van der Waals surface area contributed by atoms with Gasteiger partial charge in [0.2, 0.25) is 0 Å². The van der Waals surface area contributed by atoms with E-state index < -0.39 is 0 Å². The Hall–Kier alpha value is -1.46. The molecule has 1 aliphatic rings. The van der Waals surface area contributed by atoms with E-state index in [4.69, 9.17) is 4.74 Å². The molecule has 2 atom stereocenters. The molecule has 1 aromatic heterocycles. The first kappa shape index (κ1) is 14.5. The van der Waals surface area contributed by atoms with E-state index in [0.717, 1.165) is 24.5 Å². The van der Waals surface area contributed by atoms with Gasteiger partial charge in [-0.1, -0.05) is 19.1 Å². The first-order valence-electron chi connectivity index (χ1n) is 7.40. The molecule has 0 spiro atoms. The molecule has 2 unspecified atom stereocenters. The summed E-state index contributed by atoms with van der Waals surface area (Å²) in [6.45, 7) is 3.12. The van der Waals surface area contributed by atoms with Crippen LogP contribution in [0.25, 0.3) is 0 Å². The third-order valence-electron chi connectivity index (χ3n) is 3.68. The van der Waals surface area contributed by atoms with Gasteiger partial charge in [0.1, 0.15) is 11.9 Å². The standard InChI is InChI=1S/C16H21N3OS/c1-3-8-19-10-12(9-18-19)16(17-2)14-11-21-15-7-5-4-6-13(15)20-14/h4-7,9-10,14,16-17H,3,8,11H2,1-2H3. The van der Waals surface area contributed by atoms with Crippen molar-refractivity contribution in [2.75, 3.05) is 12.8 Å². The van der Waals surface area contributed by atoms with Gasteiger partial charge in [-0.15, -0.1) is 11.8 Å². The van der Waals surface area contributed by atoms with Crippen molar-refractivity contribution in [3.63, 3.8) is 0 Å². The number of ether oxygens (including phenoxy) is 1. The van der Waals surface area contributed by atoms with Gasteiger partial charge < -0.3 is 10.1 Å². The van der Waals surface area contributed by atoms with Gasteiger partial charge in [0.15, 0.2) is 0 Å². The molecule has 0 amide bonds. The van der Waals surface area contributed by atoms with Gasteiger partial charge in [0, 0.05) is 29.0 Å². The largest absolute Gasteiger partial charge is 0.486 e. The maximum Gasteiger partial charge on any atom is 0.133 e. The molecular weight excluding hydrogens is 282 g/mol. The van der Waals surface area contributed by atoms with Crippen LogP contribution in [-0.2, 0) is 6.54 Å². The van der Waals surface area contributed by atoms with Crippen molar-refractivity contribution in [3.05, 3.63) is 42.2 Å². The number of nitrogens with one attached hydrogen (secondary N) is 1. The number of benzene rings is 1. The van der Waals surface area contributed by atoms with E-state index >= 15 is 0 Å². The average Bonchev–Trinajstić information content (AvgIpc) is 2.97. The second-order valence-corrected chi connectivity index (χ2v) is 6.28. The normalized spacial score (nSPS) is 18.9. The number of rotatable bonds is 5. The van der Waals surface area contributed by atoms with E-state index in [0.29, 0.717) is 0 Å². The number of likely N-dealkylation sites (N-methyl/N-ethyl adjacent to an activating group) is 1.